The van der Waals surface area contributed by atoms with Gasteiger partial charge in [0.2, 0.25) is 5.91 Å². The van der Waals surface area contributed by atoms with Crippen LogP contribution in [0.5, 0.6) is 0 Å². The van der Waals surface area contributed by atoms with E-state index in [1.54, 1.807) is 11.3 Å². The number of benzene rings is 2. The molecule has 0 bridgehead atoms. The number of thiazole rings is 1. The zero-order chi connectivity index (χ0) is 16.5. The molecule has 120 valence electrons. The zero-order valence-electron chi connectivity index (χ0n) is 13.5. The molecule has 1 aliphatic rings. The Kier molecular flexibility index (Phi) is 3.90. The number of aromatic nitrogens is 1. The average Bonchev–Trinajstić information content (AvgIpc) is 3.34. The van der Waals surface area contributed by atoms with Crippen LogP contribution in [0.2, 0.25) is 0 Å². The second-order valence-corrected chi connectivity index (χ2v) is 7.05. The van der Waals surface area contributed by atoms with Crippen molar-refractivity contribution in [3.8, 4) is 21.8 Å². The van der Waals surface area contributed by atoms with E-state index < -0.39 is 0 Å². The molecule has 0 atom stereocenters. The first-order valence-electron chi connectivity index (χ1n) is 8.13. The Balaban J connectivity index is 1.54. The molecular formula is C20H18N2OS. The highest BCUT2D eigenvalue weighted by Crippen LogP contribution is 2.32. The van der Waals surface area contributed by atoms with Crippen LogP contribution in [-0.4, -0.2) is 10.9 Å². The molecule has 1 N–H and O–H groups in total. The Hall–Kier alpha value is -2.46. The molecule has 1 aliphatic carbocycles. The maximum atomic E-state index is 11.8. The van der Waals surface area contributed by atoms with E-state index in [1.807, 2.05) is 36.4 Å². The van der Waals surface area contributed by atoms with Gasteiger partial charge >= 0.3 is 0 Å². The number of aryl methyl sites for hydroxylation is 1. The largest absolute Gasteiger partial charge is 0.326 e. The first kappa shape index (κ1) is 15.1. The van der Waals surface area contributed by atoms with Gasteiger partial charge in [0.1, 0.15) is 5.01 Å². The Morgan fingerprint density at radius 3 is 2.58 bits per heavy atom. The summed E-state index contributed by atoms with van der Waals surface area (Å²) in [6.45, 7) is 2.10. The molecule has 4 rings (SSSR count). The average molecular weight is 334 g/mol. The minimum atomic E-state index is 0.137. The van der Waals surface area contributed by atoms with Crippen molar-refractivity contribution in [2.45, 2.75) is 19.8 Å². The number of hydrogen-bond acceptors (Lipinski definition) is 3. The third-order valence-corrected chi connectivity index (χ3v) is 5.15. The van der Waals surface area contributed by atoms with E-state index in [1.165, 1.54) is 11.1 Å². The molecule has 0 aliphatic heterocycles. The predicted molar refractivity (Wildman–Crippen MR) is 99.1 cm³/mol. The molecule has 1 fully saturated rings. The lowest BCUT2D eigenvalue weighted by Crippen LogP contribution is -2.12. The number of anilines is 1. The smallest absolute Gasteiger partial charge is 0.227 e. The van der Waals surface area contributed by atoms with E-state index in [2.05, 4.69) is 29.8 Å². The molecule has 1 aromatic heterocycles. The molecule has 4 heteroatoms. The second kappa shape index (κ2) is 6.21. The second-order valence-electron chi connectivity index (χ2n) is 6.19. The number of carbonyl (C=O) groups excluding carboxylic acids is 1. The van der Waals surface area contributed by atoms with Crippen molar-refractivity contribution >= 4 is 22.9 Å². The van der Waals surface area contributed by atoms with Crippen molar-refractivity contribution in [2.75, 3.05) is 5.32 Å². The van der Waals surface area contributed by atoms with Gasteiger partial charge in [-0.2, -0.15) is 0 Å². The van der Waals surface area contributed by atoms with Crippen LogP contribution in [0.4, 0.5) is 5.69 Å². The topological polar surface area (TPSA) is 42.0 Å². The van der Waals surface area contributed by atoms with Crippen LogP contribution >= 0.6 is 11.3 Å². The first-order valence-corrected chi connectivity index (χ1v) is 9.01. The van der Waals surface area contributed by atoms with Crippen molar-refractivity contribution in [3.05, 3.63) is 59.5 Å². The summed E-state index contributed by atoms with van der Waals surface area (Å²) in [6, 6.07) is 16.2. The van der Waals surface area contributed by atoms with Gasteiger partial charge in [-0.15, -0.1) is 11.3 Å². The fourth-order valence-electron chi connectivity index (χ4n) is 2.66. The van der Waals surface area contributed by atoms with Crippen LogP contribution in [0, 0.1) is 12.8 Å². The van der Waals surface area contributed by atoms with E-state index in [4.69, 9.17) is 4.98 Å². The van der Waals surface area contributed by atoms with Crippen LogP contribution in [0.3, 0.4) is 0 Å². The van der Waals surface area contributed by atoms with Crippen molar-refractivity contribution in [3.63, 3.8) is 0 Å². The molecule has 1 amide bonds. The molecule has 1 heterocycles. The molecule has 0 unspecified atom stereocenters. The van der Waals surface area contributed by atoms with Gasteiger partial charge in [-0.1, -0.05) is 36.4 Å². The monoisotopic (exact) mass is 334 g/mol. The number of rotatable bonds is 4. The number of nitrogens with one attached hydrogen (secondary N) is 1. The van der Waals surface area contributed by atoms with Crippen molar-refractivity contribution < 1.29 is 4.79 Å². The van der Waals surface area contributed by atoms with Gasteiger partial charge in [-0.3, -0.25) is 4.79 Å². The predicted octanol–water partition coefficient (Wildman–Crippen LogP) is 5.13. The van der Waals surface area contributed by atoms with Crippen molar-refractivity contribution in [1.82, 2.24) is 4.98 Å². The number of nitrogens with zero attached hydrogens (tertiary/aromatic N) is 1. The lowest BCUT2D eigenvalue weighted by molar-refractivity contribution is -0.117. The summed E-state index contributed by atoms with van der Waals surface area (Å²) in [6.07, 6.45) is 2.04. The van der Waals surface area contributed by atoms with Gasteiger partial charge < -0.3 is 5.32 Å². The first-order chi connectivity index (χ1) is 11.7. The van der Waals surface area contributed by atoms with Gasteiger partial charge in [-0.25, -0.2) is 4.98 Å². The Morgan fingerprint density at radius 1 is 1.12 bits per heavy atom. The summed E-state index contributed by atoms with van der Waals surface area (Å²) >= 11 is 1.66. The molecule has 24 heavy (non-hydrogen) atoms. The summed E-state index contributed by atoms with van der Waals surface area (Å²) in [5.74, 6) is 0.359. The maximum absolute atomic E-state index is 11.8. The van der Waals surface area contributed by atoms with Crippen LogP contribution < -0.4 is 5.32 Å². The van der Waals surface area contributed by atoms with Crippen LogP contribution in [0.1, 0.15) is 18.4 Å². The van der Waals surface area contributed by atoms with E-state index in [9.17, 15) is 4.79 Å². The van der Waals surface area contributed by atoms with E-state index >= 15 is 0 Å². The number of hydrogen-bond donors (Lipinski definition) is 1. The Labute approximate surface area is 145 Å². The fourth-order valence-corrected chi connectivity index (χ4v) is 3.58. The quantitative estimate of drug-likeness (QED) is 0.718. The van der Waals surface area contributed by atoms with Gasteiger partial charge in [0.25, 0.3) is 0 Å². The standard InChI is InChI=1S/C20H18N2OS/c1-13-4-2-3-5-17(13)20-22-18(12-24-20)14-8-10-16(11-9-14)21-19(23)15-6-7-15/h2-5,8-12,15H,6-7H2,1H3,(H,21,23). The molecule has 1 saturated carbocycles. The van der Waals surface area contributed by atoms with Gasteiger partial charge in [0.15, 0.2) is 0 Å². The third-order valence-electron chi connectivity index (χ3n) is 4.28. The van der Waals surface area contributed by atoms with Crippen LogP contribution in [-0.2, 0) is 4.79 Å². The van der Waals surface area contributed by atoms with Crippen LogP contribution in [0.25, 0.3) is 21.8 Å². The summed E-state index contributed by atoms with van der Waals surface area (Å²) in [4.78, 5) is 16.6. The van der Waals surface area contributed by atoms with Gasteiger partial charge in [0.05, 0.1) is 5.69 Å². The van der Waals surface area contributed by atoms with E-state index in [0.29, 0.717) is 0 Å². The minimum Gasteiger partial charge on any atom is -0.326 e. The number of carbonyl (C=O) groups is 1. The van der Waals surface area contributed by atoms with Crippen molar-refractivity contribution in [2.24, 2.45) is 5.92 Å². The lowest BCUT2D eigenvalue weighted by Gasteiger charge is -2.05. The SMILES string of the molecule is Cc1ccccc1-c1nc(-c2ccc(NC(=O)C3CC3)cc2)cs1. The zero-order valence-corrected chi connectivity index (χ0v) is 14.3. The normalized spacial score (nSPS) is 13.7. The molecule has 0 saturated heterocycles. The highest BCUT2D eigenvalue weighted by atomic mass is 32.1. The highest BCUT2D eigenvalue weighted by molar-refractivity contribution is 7.13. The number of amides is 1. The molecule has 3 aromatic rings. The minimum absolute atomic E-state index is 0.137. The fraction of sp³-hybridized carbons (Fsp3) is 0.200. The Morgan fingerprint density at radius 2 is 1.88 bits per heavy atom. The summed E-state index contributed by atoms with van der Waals surface area (Å²) in [5, 5.41) is 6.08. The highest BCUT2D eigenvalue weighted by Gasteiger charge is 2.29. The maximum Gasteiger partial charge on any atom is 0.227 e. The summed E-state index contributed by atoms with van der Waals surface area (Å²) in [5.41, 5.74) is 5.30. The van der Waals surface area contributed by atoms with Crippen molar-refractivity contribution in [1.29, 1.82) is 0 Å². The lowest BCUT2D eigenvalue weighted by atomic mass is 10.1. The van der Waals surface area contributed by atoms with Gasteiger partial charge in [0, 0.05) is 28.1 Å². The third kappa shape index (κ3) is 3.10. The molecule has 0 spiro atoms. The Bertz CT molecular complexity index is 879. The molecule has 2 aromatic carbocycles. The molecular weight excluding hydrogens is 316 g/mol. The molecule has 0 radical (unpaired) electrons. The molecule has 3 nitrogen and oxygen atoms in total. The van der Waals surface area contributed by atoms with Gasteiger partial charge in [-0.05, 0) is 37.5 Å². The van der Waals surface area contributed by atoms with E-state index in [0.717, 1.165) is 34.8 Å². The van der Waals surface area contributed by atoms with E-state index in [-0.39, 0.29) is 11.8 Å². The summed E-state index contributed by atoms with van der Waals surface area (Å²) in [7, 11) is 0. The van der Waals surface area contributed by atoms with Crippen LogP contribution in [0.15, 0.2) is 53.9 Å². The summed E-state index contributed by atoms with van der Waals surface area (Å²) < 4.78 is 0.